The van der Waals surface area contributed by atoms with Crippen molar-refractivity contribution in [2.45, 2.75) is 219 Å². The summed E-state index contributed by atoms with van der Waals surface area (Å²) < 4.78 is 127. The molecule has 13 rings (SSSR count). The third-order valence-corrected chi connectivity index (χ3v) is 26.5. The molecule has 1 aliphatic rings. The predicted molar refractivity (Wildman–Crippen MR) is 500 cm³/mol. The molecule has 12 aromatic rings. The second-order valence-electron chi connectivity index (χ2n) is 34.1. The molecule has 0 saturated heterocycles. The zero-order valence-electron chi connectivity index (χ0n) is 76.7. The largest absolute Gasteiger partial charge is 0.544 e. The highest BCUT2D eigenvalue weighted by molar-refractivity contribution is 7.97. The van der Waals surface area contributed by atoms with Gasteiger partial charge in [-0.25, -0.2) is 18.8 Å². The number of phenolic OH excluding ortho intramolecular Hbond substituents is 1. The Morgan fingerprint density at radius 2 is 0.560 bits per heavy atom. The predicted octanol–water partition coefficient (Wildman–Crippen LogP) is 22.4. The number of carbonyl (C=O) groups is 6. The minimum absolute atomic E-state index is 0.0146. The highest BCUT2D eigenvalue weighted by Crippen LogP contribution is 2.39. The molecule has 0 radical (unpaired) electrons. The maximum atomic E-state index is 14.0. The first-order valence-corrected chi connectivity index (χ1v) is 47.0. The molecule has 0 aromatic heterocycles. The number of carbonyl (C=O) groups excluding carboxylic acids is 6. The smallest absolute Gasteiger partial charge is 0.338 e. The van der Waals surface area contributed by atoms with Gasteiger partial charge in [0.1, 0.15) is 40.5 Å². The van der Waals surface area contributed by atoms with Gasteiger partial charge >= 0.3 is 35.7 Å². The molecule has 16 nitrogen and oxygen atoms in total. The number of ether oxygens (including phenoxy) is 6. The summed E-state index contributed by atoms with van der Waals surface area (Å²) in [5.74, 6) is -27.9. The Morgan fingerprint density at radius 1 is 0.328 bits per heavy atom. The molecule has 1 aliphatic carbocycles. The van der Waals surface area contributed by atoms with E-state index < -0.39 is 107 Å². The number of alkyl halides is 6. The van der Waals surface area contributed by atoms with Crippen LogP contribution in [0, 0.1) is 23.6 Å². The lowest BCUT2D eigenvalue weighted by molar-refractivity contribution is -0.338. The van der Waals surface area contributed by atoms with Crippen LogP contribution in [0.15, 0.2) is 378 Å². The van der Waals surface area contributed by atoms with Gasteiger partial charge in [0.05, 0.1) is 49.4 Å². The van der Waals surface area contributed by atoms with E-state index in [4.69, 9.17) is 23.7 Å². The summed E-state index contributed by atoms with van der Waals surface area (Å²) in [6.07, 6.45) is -1.28. The summed E-state index contributed by atoms with van der Waals surface area (Å²) in [7, 11) is -0.0439. The monoisotopic (exact) mass is 1890 g/mol. The number of benzene rings is 12. The SMILES string of the molecule is CC(C)C(OC(=O)c1ccc(O)c(OC(C)(C)C)c1)C(F)(F)C(=O)[O-].CC(C)C(OC(=O)c1ccc(OC(C)(C)C)c(F)c1)C(F)(F)C(=O)[O-].CC(C)C(OC(=O)c1ccc(OC2(C)CCCCC2)cc1)C(F)(F)C(=O)[O-].c1ccc([S+](c2ccccc2)c2ccccc2)cc1.c1ccc([S+](c2ccccc2)c2ccccc2)cc1.c1ccc([S+](c2ccccc2)c2ccccc2)cc1. The van der Waals surface area contributed by atoms with E-state index in [1.54, 1.807) is 53.7 Å². The van der Waals surface area contributed by atoms with Crippen LogP contribution in [0.5, 0.6) is 23.0 Å². The molecule has 0 spiro atoms. The summed E-state index contributed by atoms with van der Waals surface area (Å²) in [6.45, 7) is 20.1. The van der Waals surface area contributed by atoms with Crippen molar-refractivity contribution < 1.29 is 108 Å². The van der Waals surface area contributed by atoms with Crippen LogP contribution < -0.4 is 29.5 Å². The zero-order chi connectivity index (χ0) is 98.1. The van der Waals surface area contributed by atoms with E-state index in [0.29, 0.717) is 5.75 Å². The van der Waals surface area contributed by atoms with Crippen molar-refractivity contribution in [3.05, 3.63) is 356 Å². The number of phenols is 1. The molecule has 706 valence electrons. The van der Waals surface area contributed by atoms with Crippen molar-refractivity contribution in [3.8, 4) is 23.0 Å². The molecule has 0 heterocycles. The van der Waals surface area contributed by atoms with E-state index in [1.807, 2.05) is 6.92 Å². The number of aromatic hydroxyl groups is 1. The average Bonchev–Trinajstić information content (AvgIpc) is 0.788. The number of rotatable bonds is 28. The van der Waals surface area contributed by atoms with E-state index in [0.717, 1.165) is 56.0 Å². The fraction of sp³-hybridized carbons (Fsp3) is 0.278. The molecule has 0 amide bonds. The number of hydrogen-bond donors (Lipinski definition) is 1. The second kappa shape index (κ2) is 49.8. The number of aliphatic carboxylic acids is 3. The van der Waals surface area contributed by atoms with Crippen molar-refractivity contribution in [3.63, 3.8) is 0 Å². The number of carboxylic acids is 3. The van der Waals surface area contributed by atoms with E-state index >= 15 is 0 Å². The minimum Gasteiger partial charge on any atom is -0.544 e. The van der Waals surface area contributed by atoms with Gasteiger partial charge in [0.25, 0.3) is 0 Å². The molecule has 0 aliphatic heterocycles. The van der Waals surface area contributed by atoms with Gasteiger partial charge in [-0.1, -0.05) is 212 Å². The minimum atomic E-state index is -4.38. The normalized spacial score (nSPS) is 13.1. The summed E-state index contributed by atoms with van der Waals surface area (Å²) in [6, 6.07) is 109. The van der Waals surface area contributed by atoms with Gasteiger partial charge in [0.2, 0.25) is 0 Å². The fourth-order valence-electron chi connectivity index (χ4n) is 13.5. The quantitative estimate of drug-likeness (QED) is 0.0207. The van der Waals surface area contributed by atoms with E-state index in [9.17, 15) is 79.9 Å². The Balaban J connectivity index is 0.000000199. The number of carboxylic acid groups (broad SMARTS) is 3. The van der Waals surface area contributed by atoms with Crippen LogP contribution in [0.25, 0.3) is 0 Å². The number of hydrogen-bond acceptors (Lipinski definition) is 16. The van der Waals surface area contributed by atoms with Crippen LogP contribution in [-0.2, 0) is 61.3 Å². The van der Waals surface area contributed by atoms with E-state index in [1.165, 1.54) is 110 Å². The van der Waals surface area contributed by atoms with Crippen LogP contribution in [0.1, 0.15) is 153 Å². The fourth-order valence-corrected chi connectivity index (χ4v) is 19.8. The molecule has 134 heavy (non-hydrogen) atoms. The first-order valence-electron chi connectivity index (χ1n) is 43.3. The lowest BCUT2D eigenvalue weighted by Crippen LogP contribution is -2.53. The lowest BCUT2D eigenvalue weighted by atomic mass is 9.86. The third kappa shape index (κ3) is 32.0. The van der Waals surface area contributed by atoms with Crippen LogP contribution >= 0.6 is 0 Å². The first-order chi connectivity index (χ1) is 63.4. The molecule has 1 saturated carbocycles. The zero-order valence-corrected chi connectivity index (χ0v) is 79.1. The first kappa shape index (κ1) is 107. The summed E-state index contributed by atoms with van der Waals surface area (Å²) >= 11 is 0. The van der Waals surface area contributed by atoms with Crippen molar-refractivity contribution in [2.24, 2.45) is 17.8 Å². The highest BCUT2D eigenvalue weighted by atomic mass is 32.2. The molecule has 0 bridgehead atoms. The third-order valence-electron chi connectivity index (χ3n) is 19.8. The second-order valence-corrected chi connectivity index (χ2v) is 40.2. The summed E-state index contributed by atoms with van der Waals surface area (Å²) in [5.41, 5.74) is -2.09. The molecular formula is C108H111F7O16S3. The Hall–Kier alpha value is -12.8. The Morgan fingerprint density at radius 3 is 0.799 bits per heavy atom. The molecule has 12 aromatic carbocycles. The Kier molecular flexibility index (Phi) is 39.6. The standard InChI is InChI=1S/C20H26F2O5.3C18H15S.C17H21F3O5.C17H22F2O6/c1-13(2)16(20(21,22)18(24)25)26-17(23)14-7-9-15(10-8-14)27-19(3)11-5-4-6-12-19;3*1-4-10-16(11-5-1)19(17-12-6-2-7-13-17)18-14-8-3-9-15-18;1-9(2)13(17(19,20)15(22)23)24-14(21)10-6-7-12(11(18)8-10)25-16(3,4)5;1-9(2)13(17(18,19)15(22)23)24-14(21)10-6-7-11(20)12(8-10)25-16(3,4)5/h7-10,13,16H,4-6,11-12H2,1-3H3,(H,24,25);3*1-15H;6-9,13H,1-5H3,(H,22,23);6-9,13,20H,1-5H3,(H,22,23)/q;3*+1;;/p-3. The van der Waals surface area contributed by atoms with Crippen molar-refractivity contribution >= 4 is 68.5 Å². The van der Waals surface area contributed by atoms with E-state index in [2.05, 4.69) is 278 Å². The summed E-state index contributed by atoms with van der Waals surface area (Å²) in [4.78, 5) is 80.5. The molecule has 1 fully saturated rings. The molecular weight excluding hydrogens is 1780 g/mol. The van der Waals surface area contributed by atoms with Gasteiger partial charge in [-0.2, -0.15) is 26.3 Å². The number of esters is 3. The molecule has 3 atom stereocenters. The van der Waals surface area contributed by atoms with Crippen molar-refractivity contribution in [1.29, 1.82) is 0 Å². The maximum absolute atomic E-state index is 14.0. The topological polar surface area (TPSA) is 247 Å². The van der Waals surface area contributed by atoms with E-state index in [-0.39, 0.29) is 72.2 Å². The van der Waals surface area contributed by atoms with Gasteiger partial charge in [-0.3, -0.25) is 0 Å². The molecule has 1 N–H and O–H groups in total. The van der Waals surface area contributed by atoms with Gasteiger partial charge in [0, 0.05) is 0 Å². The van der Waals surface area contributed by atoms with Gasteiger partial charge in [0.15, 0.2) is 85.4 Å². The Bertz CT molecular complexity index is 5090. The number of halogens is 7. The van der Waals surface area contributed by atoms with Crippen LogP contribution in [-0.4, -0.2) is 93.8 Å². The van der Waals surface area contributed by atoms with Crippen LogP contribution in [0.3, 0.4) is 0 Å². The maximum Gasteiger partial charge on any atom is 0.338 e. The lowest BCUT2D eigenvalue weighted by Gasteiger charge is -2.34. The van der Waals surface area contributed by atoms with Crippen LogP contribution in [0.2, 0.25) is 0 Å². The highest BCUT2D eigenvalue weighted by Gasteiger charge is 2.49. The van der Waals surface area contributed by atoms with Gasteiger partial charge in [-0.15, -0.1) is 0 Å². The van der Waals surface area contributed by atoms with Crippen LogP contribution in [0.4, 0.5) is 30.7 Å². The molecule has 26 heteroatoms. The summed E-state index contributed by atoms with van der Waals surface area (Å²) in [5, 5.41) is 41.7. The van der Waals surface area contributed by atoms with Gasteiger partial charge < -0.3 is 63.2 Å². The average molecular weight is 1890 g/mol. The molecule has 3 unspecified atom stereocenters. The Labute approximate surface area is 787 Å². The van der Waals surface area contributed by atoms with Crippen molar-refractivity contribution in [2.75, 3.05) is 0 Å². The van der Waals surface area contributed by atoms with Crippen molar-refractivity contribution in [1.82, 2.24) is 0 Å². The van der Waals surface area contributed by atoms with Gasteiger partial charge in [-0.05, 0) is 262 Å².